The highest BCUT2D eigenvalue weighted by Crippen LogP contribution is 2.23. The number of nitrogens with zero attached hydrogens (tertiary/aromatic N) is 2. The fourth-order valence-electron chi connectivity index (χ4n) is 2.42. The predicted octanol–water partition coefficient (Wildman–Crippen LogP) is 3.55. The van der Waals surface area contributed by atoms with Crippen molar-refractivity contribution >= 4 is 56.1 Å². The molecule has 8 heteroatoms. The van der Waals surface area contributed by atoms with Gasteiger partial charge < -0.3 is 10.6 Å². The van der Waals surface area contributed by atoms with Crippen molar-refractivity contribution in [3.05, 3.63) is 58.8 Å². The summed E-state index contributed by atoms with van der Waals surface area (Å²) in [5.74, 6) is -0.331. The summed E-state index contributed by atoms with van der Waals surface area (Å²) < 4.78 is 0.945. The molecule has 1 aromatic heterocycles. The van der Waals surface area contributed by atoms with Crippen LogP contribution in [-0.2, 0) is 9.59 Å². The Morgan fingerprint density at radius 1 is 1.11 bits per heavy atom. The van der Waals surface area contributed by atoms with Gasteiger partial charge in [-0.05, 0) is 36.8 Å². The van der Waals surface area contributed by atoms with Gasteiger partial charge in [0.2, 0.25) is 11.8 Å². The fourth-order valence-corrected chi connectivity index (χ4v) is 3.72. The molecule has 2 N–H and O–H groups in total. The first kappa shape index (κ1) is 19.3. The normalized spacial score (nSPS) is 10.6. The third-order valence-electron chi connectivity index (χ3n) is 3.75. The van der Waals surface area contributed by atoms with Gasteiger partial charge >= 0.3 is 0 Å². The number of aryl methyl sites for hydroxylation is 1. The van der Waals surface area contributed by atoms with E-state index in [1.807, 2.05) is 49.4 Å². The zero-order valence-electron chi connectivity index (χ0n) is 14.5. The van der Waals surface area contributed by atoms with Crippen molar-refractivity contribution in [3.63, 3.8) is 0 Å². The summed E-state index contributed by atoms with van der Waals surface area (Å²) in [6.45, 7) is 1.82. The zero-order valence-corrected chi connectivity index (χ0v) is 16.9. The minimum atomic E-state index is -0.272. The van der Waals surface area contributed by atoms with Gasteiger partial charge in [-0.2, -0.15) is 0 Å². The van der Waals surface area contributed by atoms with Crippen molar-refractivity contribution in [2.75, 3.05) is 17.6 Å². The molecule has 0 spiro atoms. The Labute approximate surface area is 169 Å². The predicted molar refractivity (Wildman–Crippen MR) is 111 cm³/mol. The molecule has 0 saturated carbocycles. The topological polar surface area (TPSA) is 84.0 Å². The Morgan fingerprint density at radius 2 is 1.93 bits per heavy atom. The molecule has 0 aliphatic carbocycles. The zero-order chi connectivity index (χ0) is 19.2. The summed E-state index contributed by atoms with van der Waals surface area (Å²) in [6, 6.07) is 13.2. The lowest BCUT2D eigenvalue weighted by atomic mass is 10.2. The van der Waals surface area contributed by atoms with Crippen molar-refractivity contribution < 1.29 is 9.59 Å². The third kappa shape index (κ3) is 5.27. The molecule has 3 rings (SSSR count). The van der Waals surface area contributed by atoms with Gasteiger partial charge in [-0.25, -0.2) is 9.97 Å². The van der Waals surface area contributed by atoms with Crippen LogP contribution in [0, 0.1) is 6.92 Å². The third-order valence-corrected chi connectivity index (χ3v) is 5.25. The summed E-state index contributed by atoms with van der Waals surface area (Å²) in [5.41, 5.74) is 2.49. The molecule has 2 amide bonds. The SMILES string of the molecule is Cc1cc(Br)ccc1NC(=O)CNC(=O)CSc1ncnc2ccccc12. The monoisotopic (exact) mass is 444 g/mol. The quantitative estimate of drug-likeness (QED) is 0.448. The average molecular weight is 445 g/mol. The number of thioether (sulfide) groups is 1. The Kier molecular flexibility index (Phi) is 6.41. The van der Waals surface area contributed by atoms with E-state index in [1.54, 1.807) is 0 Å². The summed E-state index contributed by atoms with van der Waals surface area (Å²) in [7, 11) is 0. The van der Waals surface area contributed by atoms with Gasteiger partial charge in [-0.15, -0.1) is 0 Å². The first-order valence-corrected chi connectivity index (χ1v) is 9.96. The van der Waals surface area contributed by atoms with Crippen LogP contribution in [0.2, 0.25) is 0 Å². The molecule has 0 fully saturated rings. The second-order valence-corrected chi connectivity index (χ2v) is 7.65. The maximum atomic E-state index is 12.1. The van der Waals surface area contributed by atoms with E-state index >= 15 is 0 Å². The minimum Gasteiger partial charge on any atom is -0.346 e. The number of carbonyl (C=O) groups excluding carboxylic acids is 2. The Bertz CT molecular complexity index is 991. The number of para-hydroxylation sites is 1. The van der Waals surface area contributed by atoms with Crippen LogP contribution in [0.1, 0.15) is 5.56 Å². The molecule has 6 nitrogen and oxygen atoms in total. The lowest BCUT2D eigenvalue weighted by Crippen LogP contribution is -2.34. The second kappa shape index (κ2) is 8.96. The number of fused-ring (bicyclic) bond motifs is 1. The van der Waals surface area contributed by atoms with Crippen LogP contribution < -0.4 is 10.6 Å². The summed E-state index contributed by atoms with van der Waals surface area (Å²) >= 11 is 4.70. The Hall–Kier alpha value is -2.45. The number of rotatable bonds is 6. The number of carbonyl (C=O) groups is 2. The Balaban J connectivity index is 1.50. The number of nitrogens with one attached hydrogen (secondary N) is 2. The van der Waals surface area contributed by atoms with Crippen LogP contribution in [0.3, 0.4) is 0 Å². The van der Waals surface area contributed by atoms with Gasteiger partial charge in [-0.3, -0.25) is 9.59 Å². The van der Waals surface area contributed by atoms with E-state index in [9.17, 15) is 9.59 Å². The highest BCUT2D eigenvalue weighted by molar-refractivity contribution is 9.10. The van der Waals surface area contributed by atoms with Gasteiger partial charge in [0, 0.05) is 15.5 Å². The highest BCUT2D eigenvalue weighted by atomic mass is 79.9. The van der Waals surface area contributed by atoms with Gasteiger partial charge in [0.15, 0.2) is 0 Å². The largest absolute Gasteiger partial charge is 0.346 e. The molecular formula is C19H17BrN4O2S. The van der Waals surface area contributed by atoms with Crippen molar-refractivity contribution in [1.82, 2.24) is 15.3 Å². The first-order valence-electron chi connectivity index (χ1n) is 8.18. The van der Waals surface area contributed by atoms with Crippen molar-refractivity contribution in [3.8, 4) is 0 Å². The number of benzene rings is 2. The molecule has 27 heavy (non-hydrogen) atoms. The number of amides is 2. The Morgan fingerprint density at radius 3 is 2.74 bits per heavy atom. The number of hydrogen-bond acceptors (Lipinski definition) is 5. The van der Waals surface area contributed by atoms with Gasteiger partial charge in [0.1, 0.15) is 11.4 Å². The van der Waals surface area contributed by atoms with Crippen LogP contribution in [0.15, 0.2) is 58.3 Å². The molecule has 0 aliphatic heterocycles. The number of aromatic nitrogens is 2. The van der Waals surface area contributed by atoms with Crippen LogP contribution in [0.4, 0.5) is 5.69 Å². The molecule has 3 aromatic rings. The second-order valence-electron chi connectivity index (χ2n) is 5.77. The first-order chi connectivity index (χ1) is 13.0. The lowest BCUT2D eigenvalue weighted by Gasteiger charge is -2.10. The molecule has 0 unspecified atom stereocenters. The van der Waals surface area contributed by atoms with Crippen LogP contribution >= 0.6 is 27.7 Å². The van der Waals surface area contributed by atoms with Crippen molar-refractivity contribution in [2.45, 2.75) is 11.9 Å². The summed E-state index contributed by atoms with van der Waals surface area (Å²) in [5, 5.41) is 7.06. The van der Waals surface area contributed by atoms with Crippen molar-refractivity contribution in [2.24, 2.45) is 0 Å². The van der Waals surface area contributed by atoms with E-state index in [-0.39, 0.29) is 24.1 Å². The van der Waals surface area contributed by atoms with Gasteiger partial charge in [0.05, 0.1) is 17.8 Å². The maximum Gasteiger partial charge on any atom is 0.243 e. The molecule has 2 aromatic carbocycles. The lowest BCUT2D eigenvalue weighted by molar-refractivity contribution is -0.122. The van der Waals surface area contributed by atoms with E-state index in [1.165, 1.54) is 18.1 Å². The molecule has 0 atom stereocenters. The molecule has 0 saturated heterocycles. The fraction of sp³-hybridized carbons (Fsp3) is 0.158. The minimum absolute atomic E-state index is 0.0839. The standard InChI is InChI=1S/C19H17BrN4O2S/c1-12-8-13(20)6-7-15(12)24-17(25)9-21-18(26)10-27-19-14-4-2-3-5-16(14)22-11-23-19/h2-8,11H,9-10H2,1H3,(H,21,26)(H,24,25). The molecule has 0 bridgehead atoms. The smallest absolute Gasteiger partial charge is 0.243 e. The molecule has 1 heterocycles. The van der Waals surface area contributed by atoms with E-state index in [2.05, 4.69) is 36.5 Å². The van der Waals surface area contributed by atoms with E-state index in [0.717, 1.165) is 31.7 Å². The summed E-state index contributed by atoms with van der Waals surface area (Å²) in [6.07, 6.45) is 1.48. The van der Waals surface area contributed by atoms with Crippen molar-refractivity contribution in [1.29, 1.82) is 0 Å². The number of hydrogen-bond donors (Lipinski definition) is 2. The van der Waals surface area contributed by atoms with E-state index in [0.29, 0.717) is 0 Å². The average Bonchev–Trinajstić information content (AvgIpc) is 2.67. The molecule has 0 radical (unpaired) electrons. The summed E-state index contributed by atoms with van der Waals surface area (Å²) in [4.78, 5) is 32.5. The van der Waals surface area contributed by atoms with Crippen LogP contribution in [-0.4, -0.2) is 34.1 Å². The molecule has 0 aliphatic rings. The van der Waals surface area contributed by atoms with E-state index in [4.69, 9.17) is 0 Å². The van der Waals surface area contributed by atoms with Crippen LogP contribution in [0.25, 0.3) is 10.9 Å². The van der Waals surface area contributed by atoms with Gasteiger partial charge in [0.25, 0.3) is 0 Å². The number of halogens is 1. The maximum absolute atomic E-state index is 12.1. The molecule has 138 valence electrons. The molecular weight excluding hydrogens is 428 g/mol. The van der Waals surface area contributed by atoms with Gasteiger partial charge in [-0.1, -0.05) is 45.9 Å². The van der Waals surface area contributed by atoms with E-state index < -0.39 is 0 Å². The highest BCUT2D eigenvalue weighted by Gasteiger charge is 2.10. The number of anilines is 1. The van der Waals surface area contributed by atoms with Crippen LogP contribution in [0.5, 0.6) is 0 Å².